The van der Waals surface area contributed by atoms with Crippen molar-refractivity contribution in [1.29, 1.82) is 0 Å². The van der Waals surface area contributed by atoms with Crippen LogP contribution >= 0.6 is 15.9 Å². The van der Waals surface area contributed by atoms with Crippen LogP contribution in [-0.2, 0) is 4.79 Å². The minimum Gasteiger partial charge on any atom is -0.477 e. The Bertz CT molecular complexity index is 1110. The maximum atomic E-state index is 12.0. The summed E-state index contributed by atoms with van der Waals surface area (Å²) in [6, 6.07) is 15.8. The maximum absolute atomic E-state index is 12.0. The van der Waals surface area contributed by atoms with Crippen molar-refractivity contribution in [2.45, 2.75) is 13.8 Å². The molecule has 3 aromatic rings. The van der Waals surface area contributed by atoms with Crippen LogP contribution in [0.5, 0.6) is 5.75 Å². The molecule has 0 atom stereocenters. The van der Waals surface area contributed by atoms with Crippen molar-refractivity contribution in [2.75, 3.05) is 6.61 Å². The summed E-state index contributed by atoms with van der Waals surface area (Å²) >= 11 is 3.59. The average Bonchev–Trinajstić information content (AvgIpc) is 2.96. The van der Waals surface area contributed by atoms with Gasteiger partial charge in [0.25, 0.3) is 5.91 Å². The Kier molecular flexibility index (Phi) is 6.63. The molecular weight excluding hydrogens is 452 g/mol. The number of aromatic nitrogens is 1. The second-order valence-corrected chi connectivity index (χ2v) is 7.17. The van der Waals surface area contributed by atoms with Crippen molar-refractivity contribution in [3.05, 3.63) is 86.1 Å². The lowest BCUT2D eigenvalue weighted by Gasteiger charge is -2.08. The third kappa shape index (κ3) is 4.57. The van der Waals surface area contributed by atoms with Gasteiger partial charge < -0.3 is 9.30 Å². The first-order valence-corrected chi connectivity index (χ1v) is 9.80. The van der Waals surface area contributed by atoms with Crippen LogP contribution in [0, 0.1) is 24.0 Å². The van der Waals surface area contributed by atoms with E-state index >= 15 is 0 Å². The molecule has 8 nitrogen and oxygen atoms in total. The van der Waals surface area contributed by atoms with E-state index in [0.29, 0.717) is 0 Å². The van der Waals surface area contributed by atoms with Crippen LogP contribution in [-0.4, -0.2) is 28.2 Å². The van der Waals surface area contributed by atoms with Crippen molar-refractivity contribution < 1.29 is 14.5 Å². The summed E-state index contributed by atoms with van der Waals surface area (Å²) in [5.74, 6) is -0.506. The predicted octanol–water partition coefficient (Wildman–Crippen LogP) is 4.29. The average molecular weight is 471 g/mol. The summed E-state index contributed by atoms with van der Waals surface area (Å²) in [4.78, 5) is 22.4. The number of hydrogen-bond donors (Lipinski definition) is 1. The van der Waals surface area contributed by atoms with E-state index < -0.39 is 17.4 Å². The second-order valence-electron chi connectivity index (χ2n) is 6.38. The third-order valence-electron chi connectivity index (χ3n) is 4.43. The van der Waals surface area contributed by atoms with Gasteiger partial charge in [-0.3, -0.25) is 14.9 Å². The fraction of sp³-hybridized carbons (Fsp3) is 0.143. The topological polar surface area (TPSA) is 98.8 Å². The van der Waals surface area contributed by atoms with E-state index in [1.54, 1.807) is 12.3 Å². The van der Waals surface area contributed by atoms with Gasteiger partial charge in [-0.25, -0.2) is 5.43 Å². The summed E-state index contributed by atoms with van der Waals surface area (Å²) in [7, 11) is 0. The maximum Gasteiger partial charge on any atom is 0.310 e. The third-order valence-corrected chi connectivity index (χ3v) is 5.43. The van der Waals surface area contributed by atoms with Gasteiger partial charge in [0.15, 0.2) is 12.4 Å². The molecule has 1 heterocycles. The molecular formula is C21H19BrN4O4. The first-order valence-electron chi connectivity index (χ1n) is 9.01. The summed E-state index contributed by atoms with van der Waals surface area (Å²) in [5, 5.41) is 15.0. The molecule has 0 saturated carbocycles. The first kappa shape index (κ1) is 21.3. The molecule has 0 saturated heterocycles. The zero-order valence-corrected chi connectivity index (χ0v) is 17.9. The van der Waals surface area contributed by atoms with Gasteiger partial charge in [0.2, 0.25) is 0 Å². The molecule has 0 fully saturated rings. The molecule has 1 N–H and O–H groups in total. The first-order chi connectivity index (χ1) is 14.4. The molecule has 0 aliphatic rings. The number of rotatable bonds is 7. The zero-order chi connectivity index (χ0) is 21.7. The molecule has 0 unspecified atom stereocenters. The number of para-hydroxylation sites is 3. The van der Waals surface area contributed by atoms with Crippen molar-refractivity contribution in [2.24, 2.45) is 5.10 Å². The monoisotopic (exact) mass is 470 g/mol. The standard InChI is InChI=1S/C21H19BrN4O4/c1-14-17(21(22)15(2)25(14)16-8-4-3-5-9-16)12-23-24-20(27)13-30-19-11-7-6-10-18(19)26(28)29/h3-12H,13H2,1-2H3,(H,24,27)/b23-12+. The van der Waals surface area contributed by atoms with Gasteiger partial charge in [0.05, 0.1) is 11.1 Å². The van der Waals surface area contributed by atoms with E-state index in [-0.39, 0.29) is 11.4 Å². The largest absolute Gasteiger partial charge is 0.477 e. The number of hydrogen-bond acceptors (Lipinski definition) is 5. The normalized spacial score (nSPS) is 10.9. The number of nitro benzene ring substituents is 1. The fourth-order valence-electron chi connectivity index (χ4n) is 3.01. The molecule has 1 amide bonds. The second kappa shape index (κ2) is 9.36. The number of hydrazone groups is 1. The van der Waals surface area contributed by atoms with Crippen LogP contribution in [0.2, 0.25) is 0 Å². The zero-order valence-electron chi connectivity index (χ0n) is 16.3. The van der Waals surface area contributed by atoms with Crippen LogP contribution in [0.1, 0.15) is 17.0 Å². The Hall–Kier alpha value is -3.46. The summed E-state index contributed by atoms with van der Waals surface area (Å²) < 4.78 is 8.21. The molecule has 0 aliphatic carbocycles. The van der Waals surface area contributed by atoms with E-state index in [4.69, 9.17) is 4.74 Å². The minimum atomic E-state index is -0.564. The number of nitro groups is 1. The number of nitrogens with one attached hydrogen (secondary N) is 1. The number of carbonyl (C=O) groups is 1. The highest BCUT2D eigenvalue weighted by Gasteiger charge is 2.16. The van der Waals surface area contributed by atoms with Gasteiger partial charge in [-0.2, -0.15) is 5.10 Å². The van der Waals surface area contributed by atoms with Crippen LogP contribution in [0.4, 0.5) is 5.69 Å². The highest BCUT2D eigenvalue weighted by atomic mass is 79.9. The smallest absolute Gasteiger partial charge is 0.310 e. The van der Waals surface area contributed by atoms with Gasteiger partial charge in [-0.05, 0) is 48.0 Å². The quantitative estimate of drug-likeness (QED) is 0.316. The Morgan fingerprint density at radius 1 is 1.17 bits per heavy atom. The molecule has 0 radical (unpaired) electrons. The molecule has 1 aromatic heterocycles. The van der Waals surface area contributed by atoms with Crippen LogP contribution in [0.25, 0.3) is 5.69 Å². The van der Waals surface area contributed by atoms with Crippen LogP contribution < -0.4 is 10.2 Å². The van der Waals surface area contributed by atoms with E-state index in [0.717, 1.165) is 27.1 Å². The number of amides is 1. The fourth-order valence-corrected chi connectivity index (χ4v) is 3.58. The van der Waals surface area contributed by atoms with E-state index in [1.165, 1.54) is 18.2 Å². The van der Waals surface area contributed by atoms with E-state index in [1.807, 2.05) is 44.2 Å². The Labute approximate surface area is 181 Å². The highest BCUT2D eigenvalue weighted by molar-refractivity contribution is 9.10. The minimum absolute atomic E-state index is 0.0239. The Morgan fingerprint density at radius 3 is 2.53 bits per heavy atom. The molecule has 3 rings (SSSR count). The van der Waals surface area contributed by atoms with Gasteiger partial charge in [-0.1, -0.05) is 30.3 Å². The molecule has 154 valence electrons. The lowest BCUT2D eigenvalue weighted by Crippen LogP contribution is -2.24. The molecule has 0 spiro atoms. The van der Waals surface area contributed by atoms with Gasteiger partial charge in [-0.15, -0.1) is 0 Å². The Balaban J connectivity index is 1.67. The molecule has 9 heteroatoms. The predicted molar refractivity (Wildman–Crippen MR) is 117 cm³/mol. The summed E-state index contributed by atoms with van der Waals surface area (Å²) in [6.07, 6.45) is 1.55. The van der Waals surface area contributed by atoms with Crippen molar-refractivity contribution in [1.82, 2.24) is 9.99 Å². The lowest BCUT2D eigenvalue weighted by atomic mass is 10.2. The summed E-state index contributed by atoms with van der Waals surface area (Å²) in [5.41, 5.74) is 5.99. The number of benzene rings is 2. The van der Waals surface area contributed by atoms with Gasteiger partial charge in [0.1, 0.15) is 0 Å². The Morgan fingerprint density at radius 2 is 1.83 bits per heavy atom. The van der Waals surface area contributed by atoms with E-state index in [2.05, 4.69) is 31.0 Å². The summed E-state index contributed by atoms with van der Waals surface area (Å²) in [6.45, 7) is 3.55. The molecule has 2 aromatic carbocycles. The molecule has 30 heavy (non-hydrogen) atoms. The number of nitrogens with zero attached hydrogens (tertiary/aromatic N) is 3. The van der Waals surface area contributed by atoms with Crippen molar-refractivity contribution in [3.8, 4) is 11.4 Å². The van der Waals surface area contributed by atoms with E-state index in [9.17, 15) is 14.9 Å². The SMILES string of the molecule is Cc1c(Br)c(/C=N/NC(=O)COc2ccccc2[N+](=O)[O-])c(C)n1-c1ccccc1. The van der Waals surface area contributed by atoms with Crippen molar-refractivity contribution in [3.63, 3.8) is 0 Å². The highest BCUT2D eigenvalue weighted by Crippen LogP contribution is 2.29. The van der Waals surface area contributed by atoms with Crippen LogP contribution in [0.3, 0.4) is 0 Å². The van der Waals surface area contributed by atoms with Crippen molar-refractivity contribution >= 4 is 33.7 Å². The number of carbonyl (C=O) groups excluding carboxylic acids is 1. The lowest BCUT2D eigenvalue weighted by molar-refractivity contribution is -0.385. The van der Waals surface area contributed by atoms with Gasteiger partial charge in [0, 0.05) is 33.2 Å². The molecule has 0 bridgehead atoms. The van der Waals surface area contributed by atoms with Crippen LogP contribution in [0.15, 0.2) is 64.2 Å². The molecule has 0 aliphatic heterocycles. The number of halogens is 1. The number of ether oxygens (including phenoxy) is 1. The van der Waals surface area contributed by atoms with Gasteiger partial charge >= 0.3 is 5.69 Å².